The average Bonchev–Trinajstić information content (AvgIpc) is 3.30. The molecule has 8 nitrogen and oxygen atoms in total. The van der Waals surface area contributed by atoms with E-state index in [1.807, 2.05) is 18.2 Å². The van der Waals surface area contributed by atoms with E-state index in [1.165, 1.54) is 6.33 Å². The number of hydrogen-bond acceptors (Lipinski definition) is 6. The van der Waals surface area contributed by atoms with Gasteiger partial charge in [0, 0.05) is 24.7 Å². The van der Waals surface area contributed by atoms with Crippen LogP contribution in [0.25, 0.3) is 5.69 Å². The van der Waals surface area contributed by atoms with Crippen LogP contribution in [0.5, 0.6) is 0 Å². The third kappa shape index (κ3) is 2.79. The van der Waals surface area contributed by atoms with Crippen molar-refractivity contribution in [3.05, 3.63) is 53.3 Å². The molecule has 1 unspecified atom stereocenters. The summed E-state index contributed by atoms with van der Waals surface area (Å²) < 4.78 is 1.70. The number of aromatic amines is 1. The minimum absolute atomic E-state index is 0.499. The minimum Gasteiger partial charge on any atom is -0.382 e. The molecule has 1 aliphatic heterocycles. The molecule has 9 heteroatoms. The van der Waals surface area contributed by atoms with Gasteiger partial charge in [-0.05, 0) is 24.1 Å². The van der Waals surface area contributed by atoms with Crippen molar-refractivity contribution in [3.63, 3.8) is 0 Å². The van der Waals surface area contributed by atoms with Crippen molar-refractivity contribution < 1.29 is 5.11 Å². The number of β-amino-alcohol motifs (C(OH)–C–C–N with tert-alkyl or cyclic N) is 1. The van der Waals surface area contributed by atoms with Crippen LogP contribution in [-0.4, -0.2) is 53.3 Å². The van der Waals surface area contributed by atoms with E-state index in [1.54, 1.807) is 17.2 Å². The molecule has 0 amide bonds. The number of nitrogens with one attached hydrogen (secondary N) is 1. The van der Waals surface area contributed by atoms with Gasteiger partial charge in [0.1, 0.15) is 23.9 Å². The fourth-order valence-electron chi connectivity index (χ4n) is 3.10. The smallest absolute Gasteiger partial charge is 0.138 e. The Hall–Kier alpha value is -2.29. The third-order valence-corrected chi connectivity index (χ3v) is 4.56. The largest absolute Gasteiger partial charge is 0.382 e. The molecule has 3 heterocycles. The number of nitrogens with zero attached hydrogens (tertiary/aromatic N) is 6. The molecule has 0 spiro atoms. The Morgan fingerprint density at radius 2 is 2.29 bits per heavy atom. The van der Waals surface area contributed by atoms with Gasteiger partial charge in [-0.1, -0.05) is 17.7 Å². The van der Waals surface area contributed by atoms with E-state index in [2.05, 4.69) is 30.4 Å². The molecule has 1 aliphatic rings. The molecule has 1 saturated heterocycles. The van der Waals surface area contributed by atoms with Crippen molar-refractivity contribution >= 4 is 11.6 Å². The fraction of sp³-hybridized carbons (Fsp3) is 0.333. The molecule has 4 rings (SSSR count). The second-order valence-electron chi connectivity index (χ2n) is 5.96. The number of aromatic nitrogens is 6. The summed E-state index contributed by atoms with van der Waals surface area (Å²) >= 11 is 6.13. The van der Waals surface area contributed by atoms with Crippen LogP contribution in [0.15, 0.2) is 37.1 Å². The van der Waals surface area contributed by atoms with Gasteiger partial charge in [0.15, 0.2) is 0 Å². The molecule has 1 aromatic carbocycles. The van der Waals surface area contributed by atoms with Crippen LogP contribution in [0, 0.1) is 0 Å². The topological polar surface area (TPSA) is 95.8 Å². The standard InChI is InChI=1S/C15H16ClN7O/c16-12-2-1-11(13(5-12)23-10-17-9-19-23)7-22-4-3-15(24,8-22)14-6-18-21-20-14/h1-2,5-6,9-10,24H,3-4,7-8H2,(H,18,20,21). The number of benzene rings is 1. The van der Waals surface area contributed by atoms with Crippen molar-refractivity contribution in [1.29, 1.82) is 0 Å². The summed E-state index contributed by atoms with van der Waals surface area (Å²) in [6.45, 7) is 1.94. The van der Waals surface area contributed by atoms with E-state index in [4.69, 9.17) is 11.6 Å². The maximum absolute atomic E-state index is 10.8. The van der Waals surface area contributed by atoms with Crippen molar-refractivity contribution in [3.8, 4) is 5.69 Å². The fourth-order valence-corrected chi connectivity index (χ4v) is 3.26. The SMILES string of the molecule is OC1(c2cn[nH]n2)CCN(Cc2ccc(Cl)cc2-n2cncn2)C1. The van der Waals surface area contributed by atoms with E-state index < -0.39 is 5.60 Å². The highest BCUT2D eigenvalue weighted by Crippen LogP contribution is 2.32. The van der Waals surface area contributed by atoms with Gasteiger partial charge in [-0.15, -0.1) is 0 Å². The third-order valence-electron chi connectivity index (χ3n) is 4.33. The average molecular weight is 346 g/mol. The molecule has 24 heavy (non-hydrogen) atoms. The van der Waals surface area contributed by atoms with Crippen LogP contribution in [0.1, 0.15) is 17.7 Å². The number of H-pyrrole nitrogens is 1. The Kier molecular flexibility index (Phi) is 3.79. The molecular formula is C15H16ClN7O. The van der Waals surface area contributed by atoms with Gasteiger partial charge < -0.3 is 5.11 Å². The predicted octanol–water partition coefficient (Wildman–Crippen LogP) is 1.13. The van der Waals surface area contributed by atoms with Gasteiger partial charge in [0.05, 0.1) is 11.9 Å². The van der Waals surface area contributed by atoms with Crippen LogP contribution in [0.2, 0.25) is 5.02 Å². The summed E-state index contributed by atoms with van der Waals surface area (Å²) in [5.41, 5.74) is 1.57. The molecular weight excluding hydrogens is 330 g/mol. The predicted molar refractivity (Wildman–Crippen MR) is 86.5 cm³/mol. The van der Waals surface area contributed by atoms with E-state index in [0.29, 0.717) is 30.2 Å². The van der Waals surface area contributed by atoms with Crippen LogP contribution in [-0.2, 0) is 12.1 Å². The quantitative estimate of drug-likeness (QED) is 0.736. The number of rotatable bonds is 4. The van der Waals surface area contributed by atoms with Crippen LogP contribution < -0.4 is 0 Å². The molecule has 124 valence electrons. The summed E-state index contributed by atoms with van der Waals surface area (Å²) in [6, 6.07) is 5.70. The molecule has 1 fully saturated rings. The number of hydrogen-bond donors (Lipinski definition) is 2. The molecule has 0 bridgehead atoms. The second kappa shape index (κ2) is 5.97. The normalized spacial score (nSPS) is 21.4. The summed E-state index contributed by atoms with van der Waals surface area (Å²) in [4.78, 5) is 6.17. The highest BCUT2D eigenvalue weighted by Gasteiger charge is 2.39. The number of likely N-dealkylation sites (tertiary alicyclic amines) is 1. The molecule has 2 N–H and O–H groups in total. The first-order valence-corrected chi connectivity index (χ1v) is 7.96. The molecule has 2 aromatic heterocycles. The lowest BCUT2D eigenvalue weighted by molar-refractivity contribution is 0.0408. The van der Waals surface area contributed by atoms with Gasteiger partial charge in [-0.25, -0.2) is 9.67 Å². The van der Waals surface area contributed by atoms with Crippen molar-refractivity contribution in [2.45, 2.75) is 18.6 Å². The lowest BCUT2D eigenvalue weighted by Gasteiger charge is -2.22. The Morgan fingerprint density at radius 3 is 3.04 bits per heavy atom. The van der Waals surface area contributed by atoms with Gasteiger partial charge in [-0.3, -0.25) is 4.90 Å². The second-order valence-corrected chi connectivity index (χ2v) is 6.40. The van der Waals surface area contributed by atoms with Crippen LogP contribution in [0.3, 0.4) is 0 Å². The van der Waals surface area contributed by atoms with E-state index in [-0.39, 0.29) is 0 Å². The molecule has 1 atom stereocenters. The molecule has 0 saturated carbocycles. The lowest BCUT2D eigenvalue weighted by Crippen LogP contribution is -2.31. The monoisotopic (exact) mass is 345 g/mol. The number of aliphatic hydroxyl groups is 1. The maximum atomic E-state index is 10.8. The molecule has 0 aliphatic carbocycles. The Labute approximate surface area is 143 Å². The molecule has 0 radical (unpaired) electrons. The highest BCUT2D eigenvalue weighted by molar-refractivity contribution is 6.30. The Balaban J connectivity index is 1.57. The summed E-state index contributed by atoms with van der Waals surface area (Å²) in [6.07, 6.45) is 5.33. The zero-order chi connectivity index (χ0) is 16.6. The minimum atomic E-state index is -0.965. The van der Waals surface area contributed by atoms with Gasteiger partial charge in [0.25, 0.3) is 0 Å². The van der Waals surface area contributed by atoms with E-state index >= 15 is 0 Å². The van der Waals surface area contributed by atoms with Crippen molar-refractivity contribution in [1.82, 2.24) is 35.1 Å². The first-order chi connectivity index (χ1) is 11.6. The number of halogens is 1. The van der Waals surface area contributed by atoms with Crippen molar-refractivity contribution in [2.24, 2.45) is 0 Å². The van der Waals surface area contributed by atoms with E-state index in [0.717, 1.165) is 17.8 Å². The van der Waals surface area contributed by atoms with Gasteiger partial charge in [0.2, 0.25) is 0 Å². The Bertz CT molecular complexity index is 820. The zero-order valence-electron chi connectivity index (χ0n) is 12.8. The lowest BCUT2D eigenvalue weighted by atomic mass is 10.00. The maximum Gasteiger partial charge on any atom is 0.138 e. The van der Waals surface area contributed by atoms with Gasteiger partial charge >= 0.3 is 0 Å². The van der Waals surface area contributed by atoms with Crippen molar-refractivity contribution in [2.75, 3.05) is 13.1 Å². The summed E-state index contributed by atoms with van der Waals surface area (Å²) in [7, 11) is 0. The van der Waals surface area contributed by atoms with Crippen LogP contribution >= 0.6 is 11.6 Å². The van der Waals surface area contributed by atoms with E-state index in [9.17, 15) is 5.11 Å². The first kappa shape index (κ1) is 15.3. The first-order valence-electron chi connectivity index (χ1n) is 7.58. The van der Waals surface area contributed by atoms with Crippen LogP contribution in [0.4, 0.5) is 0 Å². The molecule has 3 aromatic rings. The highest BCUT2D eigenvalue weighted by atomic mass is 35.5. The zero-order valence-corrected chi connectivity index (χ0v) is 13.6. The van der Waals surface area contributed by atoms with Gasteiger partial charge in [-0.2, -0.15) is 20.5 Å². The Morgan fingerprint density at radius 1 is 1.38 bits per heavy atom. The summed E-state index contributed by atoms with van der Waals surface area (Å²) in [5.74, 6) is 0. The summed E-state index contributed by atoms with van der Waals surface area (Å²) in [5, 5.41) is 26.0.